The number of hydrogen-bond acceptors (Lipinski definition) is 4. The van der Waals surface area contributed by atoms with E-state index < -0.39 is 0 Å². The van der Waals surface area contributed by atoms with Crippen molar-refractivity contribution in [1.29, 1.82) is 0 Å². The quantitative estimate of drug-likeness (QED) is 0.439. The molecule has 0 unspecified atom stereocenters. The van der Waals surface area contributed by atoms with Crippen LogP contribution in [0.15, 0.2) is 95.9 Å². The minimum Gasteiger partial charge on any atom is -0.508 e. The molecular weight excluding hydrogens is 390 g/mol. The number of benzene rings is 3. The molecular formula is C25H19N3O3. The molecule has 0 fully saturated rings. The van der Waals surface area contributed by atoms with Gasteiger partial charge in [-0.3, -0.25) is 9.36 Å². The second-order valence-electron chi connectivity index (χ2n) is 7.18. The highest BCUT2D eigenvalue weighted by atomic mass is 16.5. The van der Waals surface area contributed by atoms with E-state index in [9.17, 15) is 9.90 Å². The molecule has 0 atom stereocenters. The molecule has 0 spiro atoms. The lowest BCUT2D eigenvalue weighted by molar-refractivity contribution is 0.457. The Kier molecular flexibility index (Phi) is 4.72. The first-order valence-corrected chi connectivity index (χ1v) is 9.88. The number of aromatic hydroxyl groups is 1. The highest BCUT2D eigenvalue weighted by Gasteiger charge is 2.21. The smallest absolute Gasteiger partial charge is 0.278 e. The van der Waals surface area contributed by atoms with Crippen LogP contribution in [-0.4, -0.2) is 19.6 Å². The molecule has 0 saturated heterocycles. The maximum atomic E-state index is 13.2. The number of para-hydroxylation sites is 1. The zero-order chi connectivity index (χ0) is 21.2. The van der Waals surface area contributed by atoms with Crippen LogP contribution in [0.2, 0.25) is 0 Å². The lowest BCUT2D eigenvalue weighted by Gasteiger charge is -2.13. The number of rotatable bonds is 5. The van der Waals surface area contributed by atoms with Gasteiger partial charge in [-0.2, -0.15) is 0 Å². The van der Waals surface area contributed by atoms with E-state index in [1.807, 2.05) is 60.7 Å². The topological polar surface area (TPSA) is 80.1 Å². The van der Waals surface area contributed by atoms with Crippen molar-refractivity contribution >= 4 is 0 Å². The molecule has 3 aromatic rings. The van der Waals surface area contributed by atoms with E-state index in [-0.39, 0.29) is 11.3 Å². The van der Waals surface area contributed by atoms with Crippen molar-refractivity contribution in [3.8, 4) is 34.5 Å². The molecule has 0 radical (unpaired) electrons. The summed E-state index contributed by atoms with van der Waals surface area (Å²) < 4.78 is 7.60. The molecule has 31 heavy (non-hydrogen) atoms. The average Bonchev–Trinajstić information content (AvgIpc) is 3.12. The lowest BCUT2D eigenvalue weighted by Crippen LogP contribution is -2.16. The minimum absolute atomic E-state index is 0.182. The molecule has 2 aliphatic heterocycles. The molecule has 0 amide bonds. The van der Waals surface area contributed by atoms with Gasteiger partial charge in [0.15, 0.2) is 0 Å². The van der Waals surface area contributed by atoms with Gasteiger partial charge < -0.3 is 14.8 Å². The molecule has 2 heterocycles. The van der Waals surface area contributed by atoms with Crippen LogP contribution in [0.4, 0.5) is 0 Å². The van der Waals surface area contributed by atoms with Crippen molar-refractivity contribution in [1.82, 2.24) is 14.5 Å². The Hall–Kier alpha value is -4.32. The van der Waals surface area contributed by atoms with Crippen LogP contribution in [-0.2, 0) is 6.42 Å². The maximum absolute atomic E-state index is 13.2. The number of phenolic OH excluding ortho intramolecular Hbond substituents is 1. The molecule has 0 aromatic heterocycles. The monoisotopic (exact) mass is 409 g/mol. The summed E-state index contributed by atoms with van der Waals surface area (Å²) >= 11 is 0. The standard InChI is InChI=1S/C25H19N3O3/c29-19-13-11-17(12-14-19)15-21-25(30)28-16-22(18-7-3-1-4-8-18)27-24(23(28)26-21)31-20-9-5-2-6-10-20/h1-14,16,27,29H,15H2. The second kappa shape index (κ2) is 7.84. The number of H-pyrrole nitrogens is 1. The highest BCUT2D eigenvalue weighted by molar-refractivity contribution is 5.61. The van der Waals surface area contributed by atoms with Crippen LogP contribution in [0.3, 0.4) is 0 Å². The van der Waals surface area contributed by atoms with Crippen LogP contribution in [0.25, 0.3) is 17.1 Å². The van der Waals surface area contributed by atoms with E-state index in [1.54, 1.807) is 30.5 Å². The summed E-state index contributed by atoms with van der Waals surface area (Å²) in [4.78, 5) is 21.0. The van der Waals surface area contributed by atoms with E-state index in [1.165, 1.54) is 4.57 Å². The molecule has 152 valence electrons. The third kappa shape index (κ3) is 3.79. The number of aromatic amines is 1. The summed E-state index contributed by atoms with van der Waals surface area (Å²) in [7, 11) is 0. The summed E-state index contributed by atoms with van der Waals surface area (Å²) in [5.41, 5.74) is 2.76. The van der Waals surface area contributed by atoms with Crippen LogP contribution in [0, 0.1) is 0 Å². The summed E-state index contributed by atoms with van der Waals surface area (Å²) in [5, 5.41) is 9.50. The number of nitrogens with one attached hydrogen (secondary N) is 1. The van der Waals surface area contributed by atoms with Crippen LogP contribution >= 0.6 is 0 Å². The Labute approximate surface area is 178 Å². The molecule has 0 bridgehead atoms. The minimum atomic E-state index is -0.202. The molecule has 0 aliphatic carbocycles. The largest absolute Gasteiger partial charge is 0.508 e. The van der Waals surface area contributed by atoms with Crippen molar-refractivity contribution < 1.29 is 9.84 Å². The number of phenols is 1. The number of ether oxygens (including phenoxy) is 1. The fourth-order valence-electron chi connectivity index (χ4n) is 3.45. The van der Waals surface area contributed by atoms with E-state index in [0.29, 0.717) is 29.6 Å². The molecule has 0 saturated carbocycles. The SMILES string of the molecule is O=c1c(Cc2ccc(O)cc2)nc2c(Oc3ccccc3)[nH]c(-c3ccccc3)cn1-2. The number of nitrogens with zero attached hydrogens (tertiary/aromatic N) is 2. The first-order valence-electron chi connectivity index (χ1n) is 9.88. The van der Waals surface area contributed by atoms with E-state index in [0.717, 1.165) is 16.8 Å². The fourth-order valence-corrected chi connectivity index (χ4v) is 3.45. The molecule has 6 heteroatoms. The fraction of sp³-hybridized carbons (Fsp3) is 0.0400. The lowest BCUT2D eigenvalue weighted by atomic mass is 10.1. The Morgan fingerprint density at radius 2 is 1.58 bits per heavy atom. The first kappa shape index (κ1) is 18.7. The molecule has 3 aromatic carbocycles. The van der Waals surface area contributed by atoms with Gasteiger partial charge in [-0.1, -0.05) is 60.7 Å². The predicted octanol–water partition coefficient (Wildman–Crippen LogP) is 4.75. The highest BCUT2D eigenvalue weighted by Crippen LogP contribution is 2.29. The number of imidazole rings is 1. The van der Waals surface area contributed by atoms with Crippen molar-refractivity contribution in [3.05, 3.63) is 113 Å². The van der Waals surface area contributed by atoms with Gasteiger partial charge in [-0.15, -0.1) is 0 Å². The predicted molar refractivity (Wildman–Crippen MR) is 118 cm³/mol. The third-order valence-corrected chi connectivity index (χ3v) is 5.00. The Morgan fingerprint density at radius 3 is 2.29 bits per heavy atom. The Bertz CT molecular complexity index is 1340. The van der Waals surface area contributed by atoms with Crippen molar-refractivity contribution in [2.45, 2.75) is 6.42 Å². The first-order chi connectivity index (χ1) is 15.2. The van der Waals surface area contributed by atoms with Gasteiger partial charge in [0, 0.05) is 12.6 Å². The van der Waals surface area contributed by atoms with E-state index >= 15 is 0 Å². The van der Waals surface area contributed by atoms with E-state index in [4.69, 9.17) is 4.74 Å². The van der Waals surface area contributed by atoms with Crippen LogP contribution in [0.1, 0.15) is 11.3 Å². The summed E-state index contributed by atoms with van der Waals surface area (Å²) in [6.45, 7) is 0. The van der Waals surface area contributed by atoms with Crippen LogP contribution in [0.5, 0.6) is 17.4 Å². The van der Waals surface area contributed by atoms with Gasteiger partial charge in [0.1, 0.15) is 17.2 Å². The Morgan fingerprint density at radius 1 is 0.903 bits per heavy atom. The van der Waals surface area contributed by atoms with Crippen molar-refractivity contribution in [2.24, 2.45) is 0 Å². The number of fused-ring (bicyclic) bond motifs is 1. The molecule has 2 aliphatic rings. The normalized spacial score (nSPS) is 11.0. The van der Waals surface area contributed by atoms with E-state index in [2.05, 4.69) is 9.97 Å². The maximum Gasteiger partial charge on any atom is 0.278 e. The van der Waals surface area contributed by atoms with Gasteiger partial charge >= 0.3 is 0 Å². The van der Waals surface area contributed by atoms with Gasteiger partial charge in [0.05, 0.1) is 5.69 Å². The second-order valence-corrected chi connectivity index (χ2v) is 7.18. The summed E-state index contributed by atoms with van der Waals surface area (Å²) in [5.74, 6) is 1.63. The van der Waals surface area contributed by atoms with Gasteiger partial charge in [0.2, 0.25) is 11.7 Å². The van der Waals surface area contributed by atoms with Crippen molar-refractivity contribution in [2.75, 3.05) is 0 Å². The number of aromatic nitrogens is 3. The van der Waals surface area contributed by atoms with Gasteiger partial charge in [-0.05, 0) is 35.4 Å². The molecule has 5 rings (SSSR count). The third-order valence-electron chi connectivity index (χ3n) is 5.00. The zero-order valence-electron chi connectivity index (χ0n) is 16.5. The Balaban J connectivity index is 1.63. The summed E-state index contributed by atoms with van der Waals surface area (Å²) in [6.07, 6.45) is 2.10. The van der Waals surface area contributed by atoms with Crippen LogP contribution < -0.4 is 10.3 Å². The number of hydrogen-bond donors (Lipinski definition) is 2. The summed E-state index contributed by atoms with van der Waals surface area (Å²) in [6, 6.07) is 25.9. The molecule has 2 N–H and O–H groups in total. The van der Waals surface area contributed by atoms with Gasteiger partial charge in [0.25, 0.3) is 5.56 Å². The zero-order valence-corrected chi connectivity index (χ0v) is 16.5. The average molecular weight is 409 g/mol. The molecule has 6 nitrogen and oxygen atoms in total. The van der Waals surface area contributed by atoms with Crippen molar-refractivity contribution in [3.63, 3.8) is 0 Å². The van der Waals surface area contributed by atoms with Gasteiger partial charge in [-0.25, -0.2) is 4.98 Å².